The second kappa shape index (κ2) is 7.59. The summed E-state index contributed by atoms with van der Waals surface area (Å²) in [5.41, 5.74) is 2.42. The Balaban J connectivity index is 1.82. The number of allylic oxidation sites excluding steroid dienone is 1. The molecular weight excluding hydrogens is 345 g/mol. The van der Waals surface area contributed by atoms with Crippen LogP contribution < -0.4 is 5.32 Å². The van der Waals surface area contributed by atoms with Crippen LogP contribution in [0.15, 0.2) is 76.1 Å². The molecule has 7 heteroatoms. The molecule has 0 saturated heterocycles. The van der Waals surface area contributed by atoms with Gasteiger partial charge in [-0.1, -0.05) is 18.2 Å². The van der Waals surface area contributed by atoms with Gasteiger partial charge in [0.05, 0.1) is 24.5 Å². The molecule has 2 aromatic heterocycles. The minimum Gasteiger partial charge on any atom is -0.392 e. The number of amidine groups is 2. The highest BCUT2D eigenvalue weighted by Gasteiger charge is 2.29. The topological polar surface area (TPSA) is 82.8 Å². The molecule has 0 bridgehead atoms. The molecule has 1 aliphatic carbocycles. The van der Waals surface area contributed by atoms with Crippen LogP contribution in [0.3, 0.4) is 0 Å². The van der Waals surface area contributed by atoms with Crippen molar-refractivity contribution in [1.82, 2.24) is 9.97 Å². The molecule has 27 heavy (non-hydrogen) atoms. The van der Waals surface area contributed by atoms with Crippen molar-refractivity contribution in [3.05, 3.63) is 77.7 Å². The number of nitrogens with one attached hydrogen (secondary N) is 1. The van der Waals surface area contributed by atoms with Crippen LogP contribution in [0.25, 0.3) is 0 Å². The van der Waals surface area contributed by atoms with E-state index in [2.05, 4.69) is 20.3 Å². The zero-order valence-corrected chi connectivity index (χ0v) is 14.5. The third kappa shape index (κ3) is 3.54. The van der Waals surface area contributed by atoms with Gasteiger partial charge in [-0.05, 0) is 36.6 Å². The molecule has 2 aromatic rings. The number of aliphatic imine (C=N–C) groups is 2. The maximum atomic E-state index is 14.1. The summed E-state index contributed by atoms with van der Waals surface area (Å²) in [6.07, 6.45) is 9.83. The van der Waals surface area contributed by atoms with Crippen molar-refractivity contribution in [3.63, 3.8) is 0 Å². The fraction of sp³-hybridized carbons (Fsp3) is 0.200. The first kappa shape index (κ1) is 17.2. The Hall–Kier alpha value is -3.19. The van der Waals surface area contributed by atoms with E-state index < -0.39 is 5.82 Å². The SMILES string of the molecule is OCC1=C2C(Nc3ccncc3F)=NC(c3ccccn3)=NC2CCC=C1. The average Bonchev–Trinajstić information content (AvgIpc) is 2.92. The van der Waals surface area contributed by atoms with E-state index in [0.29, 0.717) is 17.4 Å². The second-order valence-corrected chi connectivity index (χ2v) is 6.20. The number of aliphatic hydroxyl groups is 1. The van der Waals surface area contributed by atoms with E-state index in [1.54, 1.807) is 12.3 Å². The Labute approximate surface area is 155 Å². The average molecular weight is 363 g/mol. The first-order chi connectivity index (χ1) is 13.3. The van der Waals surface area contributed by atoms with Crippen LogP contribution in [0.1, 0.15) is 18.5 Å². The monoisotopic (exact) mass is 363 g/mol. The van der Waals surface area contributed by atoms with E-state index in [0.717, 1.165) is 30.2 Å². The van der Waals surface area contributed by atoms with Crippen LogP contribution in [-0.4, -0.2) is 39.4 Å². The van der Waals surface area contributed by atoms with Gasteiger partial charge in [-0.3, -0.25) is 15.0 Å². The number of nitrogens with zero attached hydrogens (tertiary/aromatic N) is 4. The van der Waals surface area contributed by atoms with Crippen LogP contribution in [0.4, 0.5) is 10.1 Å². The molecule has 6 nitrogen and oxygen atoms in total. The first-order valence-corrected chi connectivity index (χ1v) is 8.71. The Morgan fingerprint density at radius 1 is 1.22 bits per heavy atom. The molecule has 0 amide bonds. The highest BCUT2D eigenvalue weighted by Crippen LogP contribution is 2.28. The van der Waals surface area contributed by atoms with Gasteiger partial charge in [-0.2, -0.15) is 0 Å². The summed E-state index contributed by atoms with van der Waals surface area (Å²) in [7, 11) is 0. The Kier molecular flexibility index (Phi) is 4.84. The molecule has 1 atom stereocenters. The van der Waals surface area contributed by atoms with Crippen molar-refractivity contribution in [2.75, 3.05) is 11.9 Å². The highest BCUT2D eigenvalue weighted by molar-refractivity contribution is 6.18. The summed E-state index contributed by atoms with van der Waals surface area (Å²) in [4.78, 5) is 17.5. The van der Waals surface area contributed by atoms with E-state index in [1.165, 1.54) is 6.20 Å². The summed E-state index contributed by atoms with van der Waals surface area (Å²) in [5.74, 6) is 0.478. The van der Waals surface area contributed by atoms with Crippen LogP contribution in [0.2, 0.25) is 0 Å². The number of pyridine rings is 2. The third-order valence-electron chi connectivity index (χ3n) is 4.45. The van der Waals surface area contributed by atoms with Gasteiger partial charge in [0.25, 0.3) is 0 Å². The number of rotatable bonds is 3. The summed E-state index contributed by atoms with van der Waals surface area (Å²) in [5, 5.41) is 12.9. The molecule has 2 aliphatic rings. The number of aromatic nitrogens is 2. The zero-order valence-electron chi connectivity index (χ0n) is 14.5. The van der Waals surface area contributed by atoms with E-state index in [4.69, 9.17) is 4.99 Å². The predicted octanol–water partition coefficient (Wildman–Crippen LogP) is 2.89. The number of hydrogen-bond acceptors (Lipinski definition) is 6. The van der Waals surface area contributed by atoms with Crippen molar-refractivity contribution in [3.8, 4) is 0 Å². The first-order valence-electron chi connectivity index (χ1n) is 8.71. The standard InChI is InChI=1S/C20H18FN5O/c21-14-11-22-10-8-15(14)24-20-18-13(12-27)5-1-2-6-16(18)25-19(26-20)17-7-3-4-9-23-17/h1,3-5,7-11,16,27H,2,6,12H2,(H,22,24,25,26). The van der Waals surface area contributed by atoms with Crippen molar-refractivity contribution >= 4 is 17.4 Å². The molecule has 3 heterocycles. The van der Waals surface area contributed by atoms with Crippen LogP contribution in [0.5, 0.6) is 0 Å². The lowest BCUT2D eigenvalue weighted by Crippen LogP contribution is -2.31. The summed E-state index contributed by atoms with van der Waals surface area (Å²) in [6.45, 7) is -0.143. The van der Waals surface area contributed by atoms with E-state index in [-0.39, 0.29) is 18.3 Å². The number of halogens is 1. The fourth-order valence-electron chi connectivity index (χ4n) is 3.17. The summed E-state index contributed by atoms with van der Waals surface area (Å²) >= 11 is 0. The second-order valence-electron chi connectivity index (χ2n) is 6.20. The summed E-state index contributed by atoms with van der Waals surface area (Å²) in [6, 6.07) is 6.89. The zero-order chi connectivity index (χ0) is 18.6. The van der Waals surface area contributed by atoms with Gasteiger partial charge in [-0.25, -0.2) is 9.38 Å². The predicted molar refractivity (Wildman–Crippen MR) is 102 cm³/mol. The number of aliphatic hydroxyl groups excluding tert-OH is 1. The van der Waals surface area contributed by atoms with Crippen molar-refractivity contribution in [2.24, 2.45) is 9.98 Å². The lowest BCUT2D eigenvalue weighted by atomic mass is 9.97. The lowest BCUT2D eigenvalue weighted by molar-refractivity contribution is 0.333. The number of fused-ring (bicyclic) bond motifs is 1. The van der Waals surface area contributed by atoms with Crippen molar-refractivity contribution < 1.29 is 9.50 Å². The molecule has 2 N–H and O–H groups in total. The molecule has 1 aliphatic heterocycles. The quantitative estimate of drug-likeness (QED) is 0.878. The maximum Gasteiger partial charge on any atom is 0.176 e. The van der Waals surface area contributed by atoms with E-state index in [1.807, 2.05) is 30.4 Å². The van der Waals surface area contributed by atoms with Crippen molar-refractivity contribution in [2.45, 2.75) is 18.9 Å². The van der Waals surface area contributed by atoms with Crippen molar-refractivity contribution in [1.29, 1.82) is 0 Å². The molecule has 0 spiro atoms. The molecular formula is C20H18FN5O. The Morgan fingerprint density at radius 2 is 2.15 bits per heavy atom. The Bertz CT molecular complexity index is 965. The number of anilines is 1. The molecule has 136 valence electrons. The van der Waals surface area contributed by atoms with Crippen LogP contribution >= 0.6 is 0 Å². The Morgan fingerprint density at radius 3 is 2.93 bits per heavy atom. The summed E-state index contributed by atoms with van der Waals surface area (Å²) < 4.78 is 14.1. The smallest absolute Gasteiger partial charge is 0.176 e. The number of hydrogen-bond donors (Lipinski definition) is 2. The highest BCUT2D eigenvalue weighted by atomic mass is 19.1. The van der Waals surface area contributed by atoms with Gasteiger partial charge in [0.1, 0.15) is 11.5 Å². The van der Waals surface area contributed by atoms with E-state index in [9.17, 15) is 9.50 Å². The van der Waals surface area contributed by atoms with Crippen LogP contribution in [0, 0.1) is 5.82 Å². The van der Waals surface area contributed by atoms with Gasteiger partial charge >= 0.3 is 0 Å². The van der Waals surface area contributed by atoms with Gasteiger partial charge in [0.15, 0.2) is 11.7 Å². The molecule has 0 aromatic carbocycles. The largest absolute Gasteiger partial charge is 0.392 e. The minimum absolute atomic E-state index is 0.143. The van der Waals surface area contributed by atoms with Crippen LogP contribution in [-0.2, 0) is 0 Å². The minimum atomic E-state index is -0.478. The van der Waals surface area contributed by atoms with Gasteiger partial charge < -0.3 is 10.4 Å². The molecule has 0 radical (unpaired) electrons. The third-order valence-corrected chi connectivity index (χ3v) is 4.45. The van der Waals surface area contributed by atoms with Gasteiger partial charge in [0, 0.05) is 18.0 Å². The molecule has 0 fully saturated rings. The van der Waals surface area contributed by atoms with Gasteiger partial charge in [0.2, 0.25) is 0 Å². The fourth-order valence-corrected chi connectivity index (χ4v) is 3.17. The molecule has 4 rings (SSSR count). The molecule has 1 unspecified atom stereocenters. The van der Waals surface area contributed by atoms with E-state index >= 15 is 0 Å². The van der Waals surface area contributed by atoms with Gasteiger partial charge in [-0.15, -0.1) is 0 Å². The normalized spacial score (nSPS) is 19.1. The maximum absolute atomic E-state index is 14.1. The molecule has 0 saturated carbocycles. The lowest BCUT2D eigenvalue weighted by Gasteiger charge is -2.25.